The number of alkyl halides is 3. The molecule has 0 spiro atoms. The normalized spacial score (nSPS) is 26.9. The molecular weight excluding hydrogens is 219 g/mol. The predicted octanol–water partition coefficient (Wildman–Crippen LogP) is 2.83. The molecule has 1 saturated carbocycles. The molecule has 2 rings (SSSR count). The number of aromatic amines is 1. The topological polar surface area (TPSA) is 54.7 Å². The number of nitrogens with two attached hydrogens (primary N) is 1. The summed E-state index contributed by atoms with van der Waals surface area (Å²) in [5, 5.41) is 6.61. The van der Waals surface area contributed by atoms with Crippen LogP contribution in [0.3, 0.4) is 0 Å². The number of nitrogens with zero attached hydrogens (tertiary/aromatic N) is 1. The molecule has 1 aliphatic carbocycles. The third kappa shape index (κ3) is 2.31. The Morgan fingerprint density at radius 2 is 1.88 bits per heavy atom. The summed E-state index contributed by atoms with van der Waals surface area (Å²) in [6, 6.07) is 1.71. The van der Waals surface area contributed by atoms with Gasteiger partial charge in [0.05, 0.1) is 11.6 Å². The average Bonchev–Trinajstić information content (AvgIpc) is 2.64. The van der Waals surface area contributed by atoms with Gasteiger partial charge in [-0.2, -0.15) is 18.3 Å². The summed E-state index contributed by atoms with van der Waals surface area (Å²) in [4.78, 5) is 0. The summed E-state index contributed by atoms with van der Waals surface area (Å²) in [6.07, 6.45) is -2.58. The second-order valence-electron chi connectivity index (χ2n) is 4.34. The maximum Gasteiger partial charge on any atom is 0.391 e. The lowest BCUT2D eigenvalue weighted by molar-refractivity contribution is -0.182. The molecule has 0 unspecified atom stereocenters. The average molecular weight is 233 g/mol. The largest absolute Gasteiger partial charge is 0.391 e. The second kappa shape index (κ2) is 3.99. The van der Waals surface area contributed by atoms with E-state index >= 15 is 0 Å². The van der Waals surface area contributed by atoms with E-state index in [1.165, 1.54) is 0 Å². The fourth-order valence-electron chi connectivity index (χ4n) is 2.28. The molecule has 1 aliphatic rings. The molecule has 3 nitrogen and oxygen atoms in total. The molecule has 0 bridgehead atoms. The zero-order valence-electron chi connectivity index (χ0n) is 8.72. The van der Waals surface area contributed by atoms with E-state index < -0.39 is 12.1 Å². The van der Waals surface area contributed by atoms with Crippen LogP contribution in [0.15, 0.2) is 6.07 Å². The van der Waals surface area contributed by atoms with Crippen LogP contribution < -0.4 is 5.73 Å². The van der Waals surface area contributed by atoms with E-state index in [4.69, 9.17) is 5.73 Å². The van der Waals surface area contributed by atoms with Crippen molar-refractivity contribution in [1.29, 1.82) is 0 Å². The Labute approximate surface area is 91.2 Å². The molecule has 3 N–H and O–H groups in total. The molecule has 0 saturated heterocycles. The number of hydrogen-bond donors (Lipinski definition) is 2. The lowest BCUT2D eigenvalue weighted by atomic mass is 9.80. The number of H-pyrrole nitrogens is 1. The molecule has 1 aromatic heterocycles. The van der Waals surface area contributed by atoms with Gasteiger partial charge in [-0.15, -0.1) is 0 Å². The number of anilines is 1. The predicted molar refractivity (Wildman–Crippen MR) is 53.8 cm³/mol. The molecule has 0 aromatic carbocycles. The molecule has 16 heavy (non-hydrogen) atoms. The van der Waals surface area contributed by atoms with Gasteiger partial charge in [-0.3, -0.25) is 5.10 Å². The van der Waals surface area contributed by atoms with Crippen LogP contribution >= 0.6 is 0 Å². The molecule has 0 atom stereocenters. The minimum Gasteiger partial charge on any atom is -0.384 e. The molecule has 90 valence electrons. The highest BCUT2D eigenvalue weighted by Gasteiger charge is 2.41. The van der Waals surface area contributed by atoms with Crippen molar-refractivity contribution in [3.05, 3.63) is 11.8 Å². The fraction of sp³-hybridized carbons (Fsp3) is 0.700. The van der Waals surface area contributed by atoms with Crippen LogP contribution in [0.5, 0.6) is 0 Å². The van der Waals surface area contributed by atoms with Crippen molar-refractivity contribution in [3.63, 3.8) is 0 Å². The van der Waals surface area contributed by atoms with Crippen LogP contribution in [0.25, 0.3) is 0 Å². The first kappa shape index (κ1) is 11.3. The quantitative estimate of drug-likeness (QED) is 0.783. The zero-order valence-corrected chi connectivity index (χ0v) is 8.72. The summed E-state index contributed by atoms with van der Waals surface area (Å²) in [7, 11) is 0. The molecule has 0 aliphatic heterocycles. The Kier molecular flexibility index (Phi) is 2.82. The summed E-state index contributed by atoms with van der Waals surface area (Å²) in [6.45, 7) is 0. The lowest BCUT2D eigenvalue weighted by Crippen LogP contribution is -2.27. The Bertz CT molecular complexity index is 350. The maximum absolute atomic E-state index is 12.4. The summed E-state index contributed by atoms with van der Waals surface area (Å²) in [5.41, 5.74) is 6.27. The Morgan fingerprint density at radius 1 is 1.25 bits per heavy atom. The number of hydrogen-bond acceptors (Lipinski definition) is 2. The number of nitrogens with one attached hydrogen (secondary N) is 1. The van der Waals surface area contributed by atoms with E-state index in [-0.39, 0.29) is 18.8 Å². The summed E-state index contributed by atoms with van der Waals surface area (Å²) >= 11 is 0. The second-order valence-corrected chi connectivity index (χ2v) is 4.34. The third-order valence-electron chi connectivity index (χ3n) is 3.23. The van der Waals surface area contributed by atoms with Crippen LogP contribution in [-0.2, 0) is 0 Å². The van der Waals surface area contributed by atoms with Crippen molar-refractivity contribution in [2.24, 2.45) is 5.92 Å². The first-order valence-electron chi connectivity index (χ1n) is 5.34. The highest BCUT2D eigenvalue weighted by atomic mass is 19.4. The summed E-state index contributed by atoms with van der Waals surface area (Å²) in [5.74, 6) is -0.555. The van der Waals surface area contributed by atoms with Crippen molar-refractivity contribution in [3.8, 4) is 0 Å². The third-order valence-corrected chi connectivity index (χ3v) is 3.23. The van der Waals surface area contributed by atoms with Gasteiger partial charge >= 0.3 is 6.18 Å². The van der Waals surface area contributed by atoms with Gasteiger partial charge < -0.3 is 5.73 Å². The van der Waals surface area contributed by atoms with Crippen molar-refractivity contribution in [2.45, 2.75) is 37.8 Å². The minimum atomic E-state index is -4.05. The van der Waals surface area contributed by atoms with Crippen LogP contribution in [0.1, 0.15) is 37.3 Å². The Balaban J connectivity index is 1.95. The van der Waals surface area contributed by atoms with Gasteiger partial charge in [-0.25, -0.2) is 0 Å². The number of halogens is 3. The van der Waals surface area contributed by atoms with E-state index in [0.717, 1.165) is 5.69 Å². The SMILES string of the molecule is Nc1cc([C@H]2CC[C@H](C(F)(F)F)CC2)n[nH]1. The molecule has 0 amide bonds. The van der Waals surface area contributed by atoms with Gasteiger partial charge in [-0.05, 0) is 25.7 Å². The van der Waals surface area contributed by atoms with Crippen LogP contribution in [0.2, 0.25) is 0 Å². The summed E-state index contributed by atoms with van der Waals surface area (Å²) < 4.78 is 37.3. The standard InChI is InChI=1S/C10H14F3N3/c11-10(12,13)7-3-1-6(2-4-7)8-5-9(14)16-15-8/h5-7H,1-4H2,(H3,14,15,16)/t6-,7-. The van der Waals surface area contributed by atoms with E-state index in [2.05, 4.69) is 10.2 Å². The van der Waals surface area contributed by atoms with Crippen molar-refractivity contribution in [1.82, 2.24) is 10.2 Å². The van der Waals surface area contributed by atoms with Gasteiger partial charge in [0, 0.05) is 12.0 Å². The fourth-order valence-corrected chi connectivity index (χ4v) is 2.28. The van der Waals surface area contributed by atoms with Crippen molar-refractivity contribution < 1.29 is 13.2 Å². The molecule has 6 heteroatoms. The first-order chi connectivity index (χ1) is 7.47. The molecule has 0 radical (unpaired) electrons. The minimum absolute atomic E-state index is 0.118. The highest BCUT2D eigenvalue weighted by molar-refractivity contribution is 5.30. The van der Waals surface area contributed by atoms with E-state index in [1.807, 2.05) is 0 Å². The van der Waals surface area contributed by atoms with Gasteiger partial charge in [0.1, 0.15) is 5.82 Å². The van der Waals surface area contributed by atoms with Crippen molar-refractivity contribution >= 4 is 5.82 Å². The number of rotatable bonds is 1. The molecule has 1 aromatic rings. The first-order valence-corrected chi connectivity index (χ1v) is 5.34. The molecule has 1 heterocycles. The number of aromatic nitrogens is 2. The monoisotopic (exact) mass is 233 g/mol. The van der Waals surface area contributed by atoms with Gasteiger partial charge in [0.15, 0.2) is 0 Å². The van der Waals surface area contributed by atoms with E-state index in [0.29, 0.717) is 18.7 Å². The van der Waals surface area contributed by atoms with Gasteiger partial charge in [0.25, 0.3) is 0 Å². The smallest absolute Gasteiger partial charge is 0.384 e. The Hall–Kier alpha value is -1.20. The lowest BCUT2D eigenvalue weighted by Gasteiger charge is -2.28. The van der Waals surface area contributed by atoms with Gasteiger partial charge in [0.2, 0.25) is 0 Å². The van der Waals surface area contributed by atoms with Crippen LogP contribution in [0, 0.1) is 5.92 Å². The van der Waals surface area contributed by atoms with E-state index in [1.54, 1.807) is 6.07 Å². The zero-order chi connectivity index (χ0) is 11.8. The van der Waals surface area contributed by atoms with Crippen LogP contribution in [0.4, 0.5) is 19.0 Å². The Morgan fingerprint density at radius 3 is 2.31 bits per heavy atom. The molecule has 1 fully saturated rings. The number of nitrogen functional groups attached to an aromatic ring is 1. The molecular formula is C10H14F3N3. The van der Waals surface area contributed by atoms with E-state index in [9.17, 15) is 13.2 Å². The highest BCUT2D eigenvalue weighted by Crippen LogP contribution is 2.42. The van der Waals surface area contributed by atoms with Crippen molar-refractivity contribution in [2.75, 3.05) is 5.73 Å². The maximum atomic E-state index is 12.4. The van der Waals surface area contributed by atoms with Crippen LogP contribution in [-0.4, -0.2) is 16.4 Å². The van der Waals surface area contributed by atoms with Gasteiger partial charge in [-0.1, -0.05) is 0 Å².